The summed E-state index contributed by atoms with van der Waals surface area (Å²) in [5.74, 6) is -0.0365. The highest BCUT2D eigenvalue weighted by molar-refractivity contribution is 5.97. The predicted molar refractivity (Wildman–Crippen MR) is 126 cm³/mol. The first kappa shape index (κ1) is 21.3. The standard InChI is InChI=1S/C27H27N3O3/c1-18-5-3-4-6-22(18)19-7-9-20(10-8-19)26-23-15-29(27(32)21-11-13-28-14-12-21)16-25(31)30(23)24(26)17-33-2/h3-14,23-24,26H,15-17H2,1-2H3/t23-,24+,26-/m1/s1. The van der Waals surface area contributed by atoms with Gasteiger partial charge >= 0.3 is 0 Å². The number of methoxy groups -OCH3 is 1. The number of hydrogen-bond donors (Lipinski definition) is 0. The fourth-order valence-electron chi connectivity index (χ4n) is 5.27. The van der Waals surface area contributed by atoms with Crippen LogP contribution in [0.2, 0.25) is 0 Å². The number of carbonyl (C=O) groups excluding carboxylic acids is 2. The number of piperazine rings is 1. The maximum atomic E-state index is 13.0. The van der Waals surface area contributed by atoms with E-state index in [1.165, 1.54) is 22.3 Å². The number of hydrogen-bond acceptors (Lipinski definition) is 4. The number of aromatic nitrogens is 1. The molecule has 0 N–H and O–H groups in total. The van der Waals surface area contributed by atoms with E-state index in [9.17, 15) is 9.59 Å². The molecule has 3 atom stereocenters. The first-order chi connectivity index (χ1) is 16.1. The second kappa shape index (κ2) is 8.79. The Kier molecular flexibility index (Phi) is 5.68. The molecule has 2 aliphatic heterocycles. The lowest BCUT2D eigenvalue weighted by atomic mass is 9.73. The third kappa shape index (κ3) is 3.80. The van der Waals surface area contributed by atoms with Crippen molar-refractivity contribution >= 4 is 11.8 Å². The van der Waals surface area contributed by atoms with Gasteiger partial charge in [-0.25, -0.2) is 0 Å². The lowest BCUT2D eigenvalue weighted by Gasteiger charge is -2.59. The van der Waals surface area contributed by atoms with Crippen LogP contribution in [-0.2, 0) is 9.53 Å². The summed E-state index contributed by atoms with van der Waals surface area (Å²) in [6.07, 6.45) is 3.20. The maximum Gasteiger partial charge on any atom is 0.254 e. The Bertz CT molecular complexity index is 1160. The second-order valence-electron chi connectivity index (χ2n) is 8.78. The Morgan fingerprint density at radius 2 is 1.79 bits per heavy atom. The fourth-order valence-corrected chi connectivity index (χ4v) is 5.27. The zero-order valence-corrected chi connectivity index (χ0v) is 18.8. The Balaban J connectivity index is 1.41. The highest BCUT2D eigenvalue weighted by Gasteiger charge is 2.54. The van der Waals surface area contributed by atoms with Gasteiger partial charge in [-0.3, -0.25) is 14.6 Å². The van der Waals surface area contributed by atoms with Crippen LogP contribution in [0.5, 0.6) is 0 Å². The van der Waals surface area contributed by atoms with Crippen molar-refractivity contribution in [3.8, 4) is 11.1 Å². The molecule has 3 heterocycles. The van der Waals surface area contributed by atoms with Gasteiger partial charge in [0.25, 0.3) is 5.91 Å². The van der Waals surface area contributed by atoms with Gasteiger partial charge in [0.2, 0.25) is 5.91 Å². The zero-order chi connectivity index (χ0) is 22.9. The van der Waals surface area contributed by atoms with Gasteiger partial charge in [0.1, 0.15) is 6.54 Å². The number of pyridine rings is 1. The minimum Gasteiger partial charge on any atom is -0.383 e. The van der Waals surface area contributed by atoms with Gasteiger partial charge in [-0.15, -0.1) is 0 Å². The maximum absolute atomic E-state index is 13.0. The van der Waals surface area contributed by atoms with Crippen molar-refractivity contribution in [1.29, 1.82) is 0 Å². The summed E-state index contributed by atoms with van der Waals surface area (Å²) >= 11 is 0. The molecule has 0 saturated carbocycles. The van der Waals surface area contributed by atoms with Crippen LogP contribution in [0.1, 0.15) is 27.4 Å². The van der Waals surface area contributed by atoms with Gasteiger partial charge < -0.3 is 14.5 Å². The molecule has 168 valence electrons. The molecule has 0 unspecified atom stereocenters. The normalized spacial score (nSPS) is 22.0. The van der Waals surface area contributed by atoms with Crippen LogP contribution in [-0.4, -0.2) is 65.5 Å². The van der Waals surface area contributed by atoms with Crippen LogP contribution >= 0.6 is 0 Å². The summed E-state index contributed by atoms with van der Waals surface area (Å²) < 4.78 is 5.47. The Hall–Kier alpha value is -3.51. The molecule has 6 heteroatoms. The molecule has 0 radical (unpaired) electrons. The average Bonchev–Trinajstić information content (AvgIpc) is 2.83. The minimum absolute atomic E-state index is 0.0185. The van der Waals surface area contributed by atoms with Gasteiger partial charge in [0.05, 0.1) is 18.7 Å². The SMILES string of the molecule is COC[C@H]1[C@H](c2ccc(-c3ccccc3C)cc2)[C@H]2CN(C(=O)c3ccncc3)CC(=O)N21. The van der Waals surface area contributed by atoms with Crippen LogP contribution in [0.3, 0.4) is 0 Å². The molecule has 6 nitrogen and oxygen atoms in total. The number of rotatable bonds is 5. The minimum atomic E-state index is -0.130. The number of fused-ring (bicyclic) bond motifs is 1. The number of amides is 2. The van der Waals surface area contributed by atoms with Crippen LogP contribution in [0.15, 0.2) is 73.1 Å². The van der Waals surface area contributed by atoms with Crippen LogP contribution in [0.4, 0.5) is 0 Å². The highest BCUT2D eigenvalue weighted by Crippen LogP contribution is 2.43. The molecule has 2 fully saturated rings. The summed E-state index contributed by atoms with van der Waals surface area (Å²) in [4.78, 5) is 33.6. The van der Waals surface area contributed by atoms with Gasteiger partial charge in [-0.1, -0.05) is 48.5 Å². The van der Waals surface area contributed by atoms with E-state index in [2.05, 4.69) is 54.4 Å². The average molecular weight is 442 g/mol. The van der Waals surface area contributed by atoms with E-state index in [4.69, 9.17) is 4.74 Å². The molecule has 33 heavy (non-hydrogen) atoms. The molecule has 2 aromatic carbocycles. The van der Waals surface area contributed by atoms with Crippen molar-refractivity contribution in [3.63, 3.8) is 0 Å². The van der Waals surface area contributed by atoms with E-state index in [1.807, 2.05) is 11.0 Å². The molecule has 3 aromatic rings. The summed E-state index contributed by atoms with van der Waals surface area (Å²) in [7, 11) is 1.67. The van der Waals surface area contributed by atoms with Crippen molar-refractivity contribution in [2.75, 3.05) is 26.8 Å². The number of aryl methyl sites for hydroxylation is 1. The van der Waals surface area contributed by atoms with Crippen molar-refractivity contribution in [2.45, 2.75) is 24.9 Å². The van der Waals surface area contributed by atoms with E-state index in [1.54, 1.807) is 36.5 Å². The number of carbonyl (C=O) groups is 2. The number of benzene rings is 2. The van der Waals surface area contributed by atoms with Gasteiger partial charge in [-0.05, 0) is 41.3 Å². The largest absolute Gasteiger partial charge is 0.383 e. The Morgan fingerprint density at radius 1 is 1.06 bits per heavy atom. The smallest absolute Gasteiger partial charge is 0.254 e. The Morgan fingerprint density at radius 3 is 2.48 bits per heavy atom. The molecular formula is C27H27N3O3. The second-order valence-corrected chi connectivity index (χ2v) is 8.78. The Labute approximate surface area is 193 Å². The third-order valence-corrected chi connectivity index (χ3v) is 6.87. The van der Waals surface area contributed by atoms with E-state index >= 15 is 0 Å². The van der Waals surface area contributed by atoms with Crippen molar-refractivity contribution < 1.29 is 14.3 Å². The third-order valence-electron chi connectivity index (χ3n) is 6.87. The van der Waals surface area contributed by atoms with Crippen LogP contribution < -0.4 is 0 Å². The zero-order valence-electron chi connectivity index (χ0n) is 18.8. The van der Waals surface area contributed by atoms with Crippen molar-refractivity contribution in [1.82, 2.24) is 14.8 Å². The molecule has 2 saturated heterocycles. The molecule has 0 bridgehead atoms. The molecule has 2 amide bonds. The molecule has 1 aromatic heterocycles. The molecule has 0 aliphatic carbocycles. The highest BCUT2D eigenvalue weighted by atomic mass is 16.5. The summed E-state index contributed by atoms with van der Waals surface area (Å²) in [6.45, 7) is 3.20. The van der Waals surface area contributed by atoms with Gasteiger partial charge in [-0.2, -0.15) is 0 Å². The monoisotopic (exact) mass is 441 g/mol. The quantitative estimate of drug-likeness (QED) is 0.608. The predicted octanol–water partition coefficient (Wildman–Crippen LogP) is 3.52. The number of nitrogens with zero attached hydrogens (tertiary/aromatic N) is 3. The van der Waals surface area contributed by atoms with Crippen LogP contribution in [0, 0.1) is 6.92 Å². The molecule has 5 rings (SSSR count). The summed E-state index contributed by atoms with van der Waals surface area (Å²) in [5, 5.41) is 0. The van der Waals surface area contributed by atoms with E-state index in [-0.39, 0.29) is 36.4 Å². The first-order valence-corrected chi connectivity index (χ1v) is 11.2. The van der Waals surface area contributed by atoms with E-state index in [0.29, 0.717) is 18.7 Å². The van der Waals surface area contributed by atoms with E-state index in [0.717, 1.165) is 0 Å². The van der Waals surface area contributed by atoms with Crippen molar-refractivity contribution in [2.24, 2.45) is 0 Å². The molecule has 0 spiro atoms. The van der Waals surface area contributed by atoms with Crippen LogP contribution in [0.25, 0.3) is 11.1 Å². The first-order valence-electron chi connectivity index (χ1n) is 11.2. The number of ether oxygens (including phenoxy) is 1. The topological polar surface area (TPSA) is 62.7 Å². The summed E-state index contributed by atoms with van der Waals surface area (Å²) in [6, 6.07) is 20.3. The van der Waals surface area contributed by atoms with Gasteiger partial charge in [0.15, 0.2) is 0 Å². The fraction of sp³-hybridized carbons (Fsp3) is 0.296. The van der Waals surface area contributed by atoms with Crippen molar-refractivity contribution in [3.05, 3.63) is 89.7 Å². The van der Waals surface area contributed by atoms with E-state index < -0.39 is 0 Å². The van der Waals surface area contributed by atoms with Gasteiger partial charge in [0, 0.05) is 37.5 Å². The lowest BCUT2D eigenvalue weighted by molar-refractivity contribution is -0.160. The lowest BCUT2D eigenvalue weighted by Crippen LogP contribution is -2.73. The summed E-state index contributed by atoms with van der Waals surface area (Å²) in [5.41, 5.74) is 5.35. The molecule has 2 aliphatic rings. The molecular weight excluding hydrogens is 414 g/mol.